The largest absolute Gasteiger partial charge is 0.497 e. The molecule has 0 aliphatic carbocycles. The van der Waals surface area contributed by atoms with Gasteiger partial charge in [-0.2, -0.15) is 0 Å². The molecule has 0 spiro atoms. The maximum Gasteiger partial charge on any atom is 0.255 e. The Morgan fingerprint density at radius 3 is 2.19 bits per heavy atom. The van der Waals surface area contributed by atoms with Crippen LogP contribution in [0.3, 0.4) is 0 Å². The molecule has 0 aliphatic rings. The van der Waals surface area contributed by atoms with Gasteiger partial charge in [-0.05, 0) is 66.7 Å². The number of halogens is 1. The minimum atomic E-state index is -0.286. The fourth-order valence-electron chi connectivity index (χ4n) is 2.91. The van der Waals surface area contributed by atoms with E-state index in [1.165, 1.54) is 0 Å². The molecular weight excluding hydrogens is 418 g/mol. The van der Waals surface area contributed by atoms with Crippen molar-refractivity contribution < 1.29 is 18.7 Å². The summed E-state index contributed by atoms with van der Waals surface area (Å²) in [5, 5.41) is 11.8. The summed E-state index contributed by atoms with van der Waals surface area (Å²) in [6, 6.07) is 19.1. The van der Waals surface area contributed by atoms with Gasteiger partial charge in [0.2, 0.25) is 11.8 Å². The van der Waals surface area contributed by atoms with Crippen LogP contribution in [0.1, 0.15) is 10.4 Å². The van der Waals surface area contributed by atoms with Crippen LogP contribution in [0.2, 0.25) is 5.02 Å². The zero-order valence-corrected chi connectivity index (χ0v) is 17.5. The Balaban J connectivity index is 1.66. The lowest BCUT2D eigenvalue weighted by atomic mass is 10.1. The molecule has 0 aliphatic heterocycles. The maximum atomic E-state index is 12.7. The lowest BCUT2D eigenvalue weighted by molar-refractivity contribution is 0.102. The number of nitrogens with zero attached hydrogens (tertiary/aromatic N) is 2. The summed E-state index contributed by atoms with van der Waals surface area (Å²) in [5.74, 6) is 1.55. The van der Waals surface area contributed by atoms with Gasteiger partial charge in [0.05, 0.1) is 25.5 Å². The normalized spacial score (nSPS) is 10.5. The summed E-state index contributed by atoms with van der Waals surface area (Å²) in [4.78, 5) is 12.7. The highest BCUT2D eigenvalue weighted by Crippen LogP contribution is 2.33. The van der Waals surface area contributed by atoms with Crippen molar-refractivity contribution in [1.82, 2.24) is 10.2 Å². The van der Waals surface area contributed by atoms with Gasteiger partial charge in [0, 0.05) is 16.1 Å². The highest BCUT2D eigenvalue weighted by Gasteiger charge is 2.17. The Bertz CT molecular complexity index is 1200. The van der Waals surface area contributed by atoms with Crippen molar-refractivity contribution in [2.24, 2.45) is 0 Å². The first-order valence-electron chi connectivity index (χ1n) is 9.30. The number of anilines is 1. The fraction of sp³-hybridized carbons (Fsp3) is 0.0870. The van der Waals surface area contributed by atoms with Crippen LogP contribution in [-0.4, -0.2) is 30.3 Å². The van der Waals surface area contributed by atoms with Crippen LogP contribution in [0, 0.1) is 0 Å². The van der Waals surface area contributed by atoms with Crippen LogP contribution in [-0.2, 0) is 0 Å². The molecule has 0 atom stereocenters. The molecule has 0 bridgehead atoms. The van der Waals surface area contributed by atoms with E-state index in [0.717, 1.165) is 5.56 Å². The summed E-state index contributed by atoms with van der Waals surface area (Å²) in [6.07, 6.45) is 0. The van der Waals surface area contributed by atoms with E-state index in [1.54, 1.807) is 80.9 Å². The second-order valence-corrected chi connectivity index (χ2v) is 6.95. The quantitative estimate of drug-likeness (QED) is 0.440. The van der Waals surface area contributed by atoms with E-state index in [1.807, 2.05) is 0 Å². The summed E-state index contributed by atoms with van der Waals surface area (Å²) in [6.45, 7) is 0. The molecule has 3 aromatic carbocycles. The van der Waals surface area contributed by atoms with Crippen molar-refractivity contribution in [2.75, 3.05) is 19.5 Å². The third kappa shape index (κ3) is 4.51. The van der Waals surface area contributed by atoms with Gasteiger partial charge in [0.25, 0.3) is 5.91 Å². The molecule has 0 saturated heterocycles. The van der Waals surface area contributed by atoms with Gasteiger partial charge in [-0.1, -0.05) is 11.6 Å². The lowest BCUT2D eigenvalue weighted by Crippen LogP contribution is -2.12. The number of carbonyl (C=O) groups excluding carboxylic acids is 1. The van der Waals surface area contributed by atoms with Gasteiger partial charge in [-0.15, -0.1) is 10.2 Å². The van der Waals surface area contributed by atoms with E-state index in [0.29, 0.717) is 39.2 Å². The maximum absolute atomic E-state index is 12.7. The zero-order chi connectivity index (χ0) is 21.8. The van der Waals surface area contributed by atoms with E-state index in [9.17, 15) is 4.79 Å². The molecule has 0 radical (unpaired) electrons. The standard InChI is InChI=1S/C23H18ClN3O4/c1-29-17-9-5-14(6-10-17)21(28)25-20-12-11-18(30-2)13-19(20)23-27-26-22(31-23)15-3-7-16(24)8-4-15/h3-13H,1-2H3,(H,25,28). The van der Waals surface area contributed by atoms with Gasteiger partial charge >= 0.3 is 0 Å². The Hall–Kier alpha value is -3.84. The van der Waals surface area contributed by atoms with E-state index >= 15 is 0 Å². The second kappa shape index (κ2) is 8.89. The third-order valence-corrected chi connectivity index (χ3v) is 4.83. The topological polar surface area (TPSA) is 86.5 Å². The van der Waals surface area contributed by atoms with Crippen LogP contribution in [0.5, 0.6) is 11.5 Å². The number of amides is 1. The number of benzene rings is 3. The van der Waals surface area contributed by atoms with Crippen LogP contribution >= 0.6 is 11.6 Å². The minimum Gasteiger partial charge on any atom is -0.497 e. The molecule has 4 aromatic rings. The molecule has 0 saturated carbocycles. The predicted molar refractivity (Wildman–Crippen MR) is 118 cm³/mol. The molecule has 1 heterocycles. The third-order valence-electron chi connectivity index (χ3n) is 4.57. The Labute approximate surface area is 183 Å². The summed E-state index contributed by atoms with van der Waals surface area (Å²) >= 11 is 5.94. The molecular formula is C23H18ClN3O4. The highest BCUT2D eigenvalue weighted by molar-refractivity contribution is 6.30. The van der Waals surface area contributed by atoms with Crippen molar-refractivity contribution in [1.29, 1.82) is 0 Å². The van der Waals surface area contributed by atoms with Crippen LogP contribution in [0.25, 0.3) is 22.9 Å². The smallest absolute Gasteiger partial charge is 0.255 e. The minimum absolute atomic E-state index is 0.244. The molecule has 8 heteroatoms. The van der Waals surface area contributed by atoms with Crippen molar-refractivity contribution in [3.8, 4) is 34.4 Å². The van der Waals surface area contributed by atoms with Gasteiger partial charge in [0.15, 0.2) is 0 Å². The molecule has 7 nitrogen and oxygen atoms in total. The molecule has 31 heavy (non-hydrogen) atoms. The lowest BCUT2D eigenvalue weighted by Gasteiger charge is -2.11. The van der Waals surface area contributed by atoms with E-state index in [2.05, 4.69) is 15.5 Å². The SMILES string of the molecule is COc1ccc(C(=O)Nc2ccc(OC)cc2-c2nnc(-c3ccc(Cl)cc3)o2)cc1. The average molecular weight is 436 g/mol. The van der Waals surface area contributed by atoms with Crippen molar-refractivity contribution in [2.45, 2.75) is 0 Å². The highest BCUT2D eigenvalue weighted by atomic mass is 35.5. The first kappa shape index (κ1) is 20.4. The molecule has 1 amide bonds. The molecule has 1 aromatic heterocycles. The molecule has 0 unspecified atom stereocenters. The van der Waals surface area contributed by atoms with Crippen LogP contribution < -0.4 is 14.8 Å². The molecule has 1 N–H and O–H groups in total. The van der Waals surface area contributed by atoms with E-state index in [4.69, 9.17) is 25.5 Å². The van der Waals surface area contributed by atoms with Crippen LogP contribution in [0.15, 0.2) is 71.1 Å². The van der Waals surface area contributed by atoms with Gasteiger partial charge in [0.1, 0.15) is 11.5 Å². The summed E-state index contributed by atoms with van der Waals surface area (Å²) in [7, 11) is 3.13. The van der Waals surface area contributed by atoms with Crippen LogP contribution in [0.4, 0.5) is 5.69 Å². The van der Waals surface area contributed by atoms with Crippen molar-refractivity contribution >= 4 is 23.2 Å². The van der Waals surface area contributed by atoms with E-state index < -0.39 is 0 Å². The first-order valence-corrected chi connectivity index (χ1v) is 9.68. The molecule has 4 rings (SSSR count). The summed E-state index contributed by atoms with van der Waals surface area (Å²) in [5.41, 5.74) is 2.26. The average Bonchev–Trinajstić information content (AvgIpc) is 3.30. The predicted octanol–water partition coefficient (Wildman–Crippen LogP) is 5.33. The Morgan fingerprint density at radius 2 is 1.52 bits per heavy atom. The van der Waals surface area contributed by atoms with Crippen molar-refractivity contribution in [3.05, 3.63) is 77.3 Å². The Kier molecular flexibility index (Phi) is 5.86. The number of nitrogens with one attached hydrogen (secondary N) is 1. The zero-order valence-electron chi connectivity index (χ0n) is 16.8. The van der Waals surface area contributed by atoms with E-state index in [-0.39, 0.29) is 11.8 Å². The van der Waals surface area contributed by atoms with Crippen molar-refractivity contribution in [3.63, 3.8) is 0 Å². The first-order chi connectivity index (χ1) is 15.1. The number of rotatable bonds is 6. The van der Waals surface area contributed by atoms with Gasteiger partial charge < -0.3 is 19.2 Å². The van der Waals surface area contributed by atoms with Gasteiger partial charge in [-0.3, -0.25) is 4.79 Å². The monoisotopic (exact) mass is 435 g/mol. The summed E-state index contributed by atoms with van der Waals surface area (Å²) < 4.78 is 16.3. The molecule has 0 fully saturated rings. The second-order valence-electron chi connectivity index (χ2n) is 6.51. The number of carbonyl (C=O) groups is 1. The molecule has 156 valence electrons. The van der Waals surface area contributed by atoms with Gasteiger partial charge in [-0.25, -0.2) is 0 Å². The number of hydrogen-bond donors (Lipinski definition) is 1. The number of methoxy groups -OCH3 is 2. The fourth-order valence-corrected chi connectivity index (χ4v) is 3.04. The number of aromatic nitrogens is 2. The Morgan fingerprint density at radius 1 is 0.871 bits per heavy atom. The number of hydrogen-bond acceptors (Lipinski definition) is 6. The number of ether oxygens (including phenoxy) is 2.